The van der Waals surface area contributed by atoms with Crippen LogP contribution in [0.1, 0.15) is 23.6 Å². The molecule has 1 aliphatic rings. The van der Waals surface area contributed by atoms with Gasteiger partial charge in [-0.1, -0.05) is 42.0 Å². The molecule has 0 aliphatic carbocycles. The van der Waals surface area contributed by atoms with Crippen LogP contribution in [0.4, 0.5) is 13.6 Å². The molecule has 1 saturated heterocycles. The lowest BCUT2D eigenvalue weighted by molar-refractivity contribution is -0.131. The maximum atomic E-state index is 13.8. The largest absolute Gasteiger partial charge is 0.325 e. The van der Waals surface area contributed by atoms with Gasteiger partial charge < -0.3 is 5.32 Å². The van der Waals surface area contributed by atoms with E-state index in [2.05, 4.69) is 5.32 Å². The molecule has 1 unspecified atom stereocenters. The summed E-state index contributed by atoms with van der Waals surface area (Å²) < 4.78 is 27.1. The third kappa shape index (κ3) is 2.54. The standard InChI is InChI=1S/C18H16F2N2O2/c1-11-6-8-13(9-7-11)18(2)16(23)22(17(24)21-18)10-12-4-3-5-14(19)15(12)20/h3-9H,10H2,1-2H3,(H,21,24). The highest BCUT2D eigenvalue weighted by molar-refractivity contribution is 6.07. The van der Waals surface area contributed by atoms with Crippen LogP contribution >= 0.6 is 0 Å². The summed E-state index contributed by atoms with van der Waals surface area (Å²) in [7, 11) is 0. The van der Waals surface area contributed by atoms with E-state index in [1.807, 2.05) is 19.1 Å². The summed E-state index contributed by atoms with van der Waals surface area (Å²) in [5, 5.41) is 2.64. The first-order valence-electron chi connectivity index (χ1n) is 7.47. The van der Waals surface area contributed by atoms with Crippen molar-refractivity contribution in [3.63, 3.8) is 0 Å². The summed E-state index contributed by atoms with van der Waals surface area (Å²) >= 11 is 0. The van der Waals surface area contributed by atoms with E-state index in [-0.39, 0.29) is 12.1 Å². The summed E-state index contributed by atoms with van der Waals surface area (Å²) in [5.41, 5.74) is 0.382. The molecule has 2 aromatic carbocycles. The summed E-state index contributed by atoms with van der Waals surface area (Å²) in [5.74, 6) is -2.57. The minimum atomic E-state index is -1.23. The second-order valence-electron chi connectivity index (χ2n) is 6.03. The second kappa shape index (κ2) is 5.70. The van der Waals surface area contributed by atoms with Gasteiger partial charge in [-0.25, -0.2) is 13.6 Å². The highest BCUT2D eigenvalue weighted by Crippen LogP contribution is 2.30. The first-order valence-corrected chi connectivity index (χ1v) is 7.47. The first-order chi connectivity index (χ1) is 11.3. The summed E-state index contributed by atoms with van der Waals surface area (Å²) in [6, 6.07) is 10.3. The number of amides is 3. The molecule has 0 bridgehead atoms. The van der Waals surface area contributed by atoms with E-state index in [1.54, 1.807) is 19.1 Å². The Hall–Kier alpha value is -2.76. The number of carbonyl (C=O) groups excluding carboxylic acids is 2. The zero-order valence-electron chi connectivity index (χ0n) is 13.3. The number of hydrogen-bond acceptors (Lipinski definition) is 2. The minimum absolute atomic E-state index is 0.0494. The van der Waals surface area contributed by atoms with Gasteiger partial charge >= 0.3 is 6.03 Å². The molecule has 3 amide bonds. The molecule has 0 spiro atoms. The molecular weight excluding hydrogens is 314 g/mol. The van der Waals surface area contributed by atoms with E-state index in [0.717, 1.165) is 16.5 Å². The van der Waals surface area contributed by atoms with Crippen LogP contribution in [0.2, 0.25) is 0 Å². The van der Waals surface area contributed by atoms with Gasteiger partial charge in [0.15, 0.2) is 11.6 Å². The summed E-state index contributed by atoms with van der Waals surface area (Å²) in [4.78, 5) is 25.9. The van der Waals surface area contributed by atoms with Crippen molar-refractivity contribution in [2.45, 2.75) is 25.9 Å². The van der Waals surface area contributed by atoms with Crippen LogP contribution in [0.5, 0.6) is 0 Å². The lowest BCUT2D eigenvalue weighted by Crippen LogP contribution is -2.40. The predicted molar refractivity (Wildman–Crippen MR) is 84.0 cm³/mol. The molecule has 0 radical (unpaired) electrons. The van der Waals surface area contributed by atoms with Crippen molar-refractivity contribution in [3.8, 4) is 0 Å². The van der Waals surface area contributed by atoms with Crippen LogP contribution in [0.15, 0.2) is 42.5 Å². The number of halogens is 2. The molecule has 1 atom stereocenters. The van der Waals surface area contributed by atoms with Crippen molar-refractivity contribution in [2.24, 2.45) is 0 Å². The molecule has 1 heterocycles. The Bertz CT molecular complexity index is 820. The Labute approximate surface area is 138 Å². The van der Waals surface area contributed by atoms with Crippen molar-refractivity contribution in [3.05, 3.63) is 70.8 Å². The van der Waals surface area contributed by atoms with Gasteiger partial charge in [0.1, 0.15) is 5.54 Å². The third-order valence-electron chi connectivity index (χ3n) is 4.26. The summed E-state index contributed by atoms with van der Waals surface area (Å²) in [6.45, 7) is 3.19. The zero-order chi connectivity index (χ0) is 17.5. The number of carbonyl (C=O) groups is 2. The van der Waals surface area contributed by atoms with Gasteiger partial charge in [-0.15, -0.1) is 0 Å². The number of imide groups is 1. The quantitative estimate of drug-likeness (QED) is 0.879. The Morgan fingerprint density at radius 3 is 2.42 bits per heavy atom. The van der Waals surface area contributed by atoms with E-state index in [4.69, 9.17) is 0 Å². The maximum Gasteiger partial charge on any atom is 0.325 e. The van der Waals surface area contributed by atoms with Crippen LogP contribution in [-0.4, -0.2) is 16.8 Å². The molecule has 1 fully saturated rings. The molecule has 1 N–H and O–H groups in total. The van der Waals surface area contributed by atoms with Crippen molar-refractivity contribution < 1.29 is 18.4 Å². The van der Waals surface area contributed by atoms with Gasteiger partial charge in [-0.2, -0.15) is 0 Å². The molecule has 124 valence electrons. The van der Waals surface area contributed by atoms with Crippen LogP contribution < -0.4 is 5.32 Å². The number of nitrogens with zero attached hydrogens (tertiary/aromatic N) is 1. The first kappa shape index (κ1) is 16.1. The lowest BCUT2D eigenvalue weighted by Gasteiger charge is -2.22. The highest BCUT2D eigenvalue weighted by Gasteiger charge is 2.49. The van der Waals surface area contributed by atoms with Gasteiger partial charge in [-0.05, 0) is 25.5 Å². The van der Waals surface area contributed by atoms with Crippen LogP contribution in [0.25, 0.3) is 0 Å². The summed E-state index contributed by atoms with van der Waals surface area (Å²) in [6.07, 6.45) is 0. The second-order valence-corrected chi connectivity index (χ2v) is 6.03. The molecule has 0 aromatic heterocycles. The maximum absolute atomic E-state index is 13.8. The van der Waals surface area contributed by atoms with E-state index in [1.165, 1.54) is 12.1 Å². The number of hydrogen-bond donors (Lipinski definition) is 1. The number of urea groups is 1. The van der Waals surface area contributed by atoms with Crippen LogP contribution in [0, 0.1) is 18.6 Å². The molecule has 6 heteroatoms. The average Bonchev–Trinajstić information content (AvgIpc) is 2.76. The molecule has 3 rings (SSSR count). The van der Waals surface area contributed by atoms with Gasteiger partial charge in [0, 0.05) is 5.56 Å². The predicted octanol–water partition coefficient (Wildman–Crippen LogP) is 3.24. The minimum Gasteiger partial charge on any atom is -0.319 e. The molecule has 24 heavy (non-hydrogen) atoms. The molecule has 0 saturated carbocycles. The SMILES string of the molecule is Cc1ccc(C2(C)NC(=O)N(Cc3cccc(F)c3F)C2=O)cc1. The average molecular weight is 330 g/mol. The molecule has 4 nitrogen and oxygen atoms in total. The van der Waals surface area contributed by atoms with E-state index in [9.17, 15) is 18.4 Å². The monoisotopic (exact) mass is 330 g/mol. The Morgan fingerprint density at radius 1 is 1.08 bits per heavy atom. The van der Waals surface area contributed by atoms with Gasteiger partial charge in [0.25, 0.3) is 5.91 Å². The van der Waals surface area contributed by atoms with E-state index >= 15 is 0 Å². The topological polar surface area (TPSA) is 49.4 Å². The van der Waals surface area contributed by atoms with Crippen LogP contribution in [-0.2, 0) is 16.9 Å². The number of rotatable bonds is 3. The zero-order valence-corrected chi connectivity index (χ0v) is 13.3. The fourth-order valence-electron chi connectivity index (χ4n) is 2.76. The Morgan fingerprint density at radius 2 is 1.75 bits per heavy atom. The number of benzene rings is 2. The third-order valence-corrected chi connectivity index (χ3v) is 4.26. The molecule has 2 aromatic rings. The van der Waals surface area contributed by atoms with Crippen molar-refractivity contribution in [1.82, 2.24) is 10.2 Å². The van der Waals surface area contributed by atoms with Crippen LogP contribution in [0.3, 0.4) is 0 Å². The normalized spacial score (nSPS) is 20.4. The van der Waals surface area contributed by atoms with Gasteiger partial charge in [-0.3, -0.25) is 9.69 Å². The van der Waals surface area contributed by atoms with Crippen molar-refractivity contribution >= 4 is 11.9 Å². The fraction of sp³-hybridized carbons (Fsp3) is 0.222. The highest BCUT2D eigenvalue weighted by atomic mass is 19.2. The molecule has 1 aliphatic heterocycles. The van der Waals surface area contributed by atoms with E-state index < -0.39 is 29.1 Å². The fourth-order valence-corrected chi connectivity index (χ4v) is 2.76. The number of nitrogens with one attached hydrogen (secondary N) is 1. The van der Waals surface area contributed by atoms with E-state index in [0.29, 0.717) is 5.56 Å². The van der Waals surface area contributed by atoms with Crippen molar-refractivity contribution in [2.75, 3.05) is 0 Å². The van der Waals surface area contributed by atoms with Gasteiger partial charge in [0.2, 0.25) is 0 Å². The lowest BCUT2D eigenvalue weighted by atomic mass is 9.91. The van der Waals surface area contributed by atoms with Crippen molar-refractivity contribution in [1.29, 1.82) is 0 Å². The Balaban J connectivity index is 1.91. The van der Waals surface area contributed by atoms with Gasteiger partial charge in [0.05, 0.1) is 6.54 Å². The smallest absolute Gasteiger partial charge is 0.319 e. The Kier molecular flexibility index (Phi) is 3.83. The number of aryl methyl sites for hydroxylation is 1. The molecular formula is C18H16F2N2O2.